The first-order valence-corrected chi connectivity index (χ1v) is 8.13. The number of hydrogen-bond donors (Lipinski definition) is 2. The molecule has 0 atom stereocenters. The number of halogens is 2. The lowest BCUT2D eigenvalue weighted by Crippen LogP contribution is -2.12. The number of ether oxygens (including phenoxy) is 1. The topological polar surface area (TPSA) is 80.3 Å². The van der Waals surface area contributed by atoms with Crippen molar-refractivity contribution in [1.82, 2.24) is 4.98 Å². The van der Waals surface area contributed by atoms with Crippen LogP contribution in [-0.4, -0.2) is 24.0 Å². The van der Waals surface area contributed by atoms with E-state index in [9.17, 15) is 18.4 Å². The van der Waals surface area contributed by atoms with Crippen LogP contribution >= 0.6 is 0 Å². The zero-order valence-electron chi connectivity index (χ0n) is 14.7. The van der Waals surface area contributed by atoms with Crippen LogP contribution in [0, 0.1) is 11.6 Å². The van der Waals surface area contributed by atoms with Crippen molar-refractivity contribution >= 4 is 28.9 Å². The van der Waals surface area contributed by atoms with Crippen LogP contribution in [0.5, 0.6) is 0 Å². The summed E-state index contributed by atoms with van der Waals surface area (Å²) in [5.74, 6) is -2.83. The van der Waals surface area contributed by atoms with E-state index >= 15 is 0 Å². The number of methoxy groups -OCH3 is 1. The number of esters is 1. The second-order valence-electron chi connectivity index (χ2n) is 5.74. The van der Waals surface area contributed by atoms with Gasteiger partial charge in [0.15, 0.2) is 11.6 Å². The average Bonchev–Trinajstić information content (AvgIpc) is 2.71. The second kappa shape index (κ2) is 8.26. The third kappa shape index (κ3) is 4.47. The van der Waals surface area contributed by atoms with Crippen LogP contribution in [0.1, 0.15) is 20.7 Å². The minimum atomic E-state index is -0.984. The number of amides is 1. The molecule has 8 heteroatoms. The van der Waals surface area contributed by atoms with Crippen LogP contribution < -0.4 is 10.6 Å². The Hall–Kier alpha value is -3.81. The van der Waals surface area contributed by atoms with Crippen LogP contribution in [0.25, 0.3) is 0 Å². The molecule has 6 nitrogen and oxygen atoms in total. The Kier molecular flexibility index (Phi) is 5.59. The third-order valence-corrected chi connectivity index (χ3v) is 3.77. The summed E-state index contributed by atoms with van der Waals surface area (Å²) in [5, 5.41) is 5.54. The lowest BCUT2D eigenvalue weighted by atomic mass is 10.2. The van der Waals surface area contributed by atoms with E-state index in [1.165, 1.54) is 43.8 Å². The Morgan fingerprint density at radius 2 is 1.57 bits per heavy atom. The fourth-order valence-electron chi connectivity index (χ4n) is 2.38. The van der Waals surface area contributed by atoms with Crippen molar-refractivity contribution in [2.75, 3.05) is 17.7 Å². The quantitative estimate of drug-likeness (QED) is 0.647. The SMILES string of the molecule is COC(=O)c1ccc(NC(=O)c2cncc(Nc3ccc(F)c(F)c3)c2)cc1. The maximum Gasteiger partial charge on any atom is 0.337 e. The number of nitrogens with one attached hydrogen (secondary N) is 2. The predicted octanol–water partition coefficient (Wildman–Crippen LogP) is 4.14. The van der Waals surface area contributed by atoms with Crippen molar-refractivity contribution in [2.45, 2.75) is 0 Å². The van der Waals surface area contributed by atoms with Crippen molar-refractivity contribution < 1.29 is 23.1 Å². The van der Waals surface area contributed by atoms with Gasteiger partial charge in [-0.05, 0) is 42.5 Å². The summed E-state index contributed by atoms with van der Waals surface area (Å²) in [6.07, 6.45) is 2.82. The molecule has 0 aliphatic rings. The van der Waals surface area contributed by atoms with Crippen LogP contribution in [0.4, 0.5) is 25.8 Å². The van der Waals surface area contributed by atoms with Gasteiger partial charge < -0.3 is 15.4 Å². The lowest BCUT2D eigenvalue weighted by Gasteiger charge is -2.09. The van der Waals surface area contributed by atoms with E-state index in [4.69, 9.17) is 0 Å². The highest BCUT2D eigenvalue weighted by Crippen LogP contribution is 2.20. The summed E-state index contributed by atoms with van der Waals surface area (Å²) in [6, 6.07) is 11.1. The minimum absolute atomic E-state index is 0.254. The number of benzene rings is 2. The van der Waals surface area contributed by atoms with E-state index in [1.807, 2.05) is 0 Å². The molecule has 1 amide bonds. The smallest absolute Gasteiger partial charge is 0.337 e. The van der Waals surface area contributed by atoms with Gasteiger partial charge in [0.1, 0.15) is 0 Å². The minimum Gasteiger partial charge on any atom is -0.465 e. The molecule has 0 bridgehead atoms. The Balaban J connectivity index is 1.71. The summed E-state index contributed by atoms with van der Waals surface area (Å²) >= 11 is 0. The molecule has 0 radical (unpaired) electrons. The van der Waals surface area contributed by atoms with Crippen LogP contribution in [-0.2, 0) is 4.74 Å². The zero-order chi connectivity index (χ0) is 20.1. The van der Waals surface area contributed by atoms with Gasteiger partial charge in [0.05, 0.1) is 30.1 Å². The predicted molar refractivity (Wildman–Crippen MR) is 99.6 cm³/mol. The number of anilines is 3. The highest BCUT2D eigenvalue weighted by molar-refractivity contribution is 6.04. The molecule has 0 saturated carbocycles. The van der Waals surface area contributed by atoms with E-state index in [0.29, 0.717) is 22.6 Å². The summed E-state index contributed by atoms with van der Waals surface area (Å²) in [7, 11) is 1.28. The molecule has 0 spiro atoms. The van der Waals surface area contributed by atoms with Gasteiger partial charge in [-0.1, -0.05) is 0 Å². The molecule has 0 fully saturated rings. The van der Waals surface area contributed by atoms with E-state index in [2.05, 4.69) is 20.4 Å². The molecule has 0 aliphatic heterocycles. The number of rotatable bonds is 5. The molecule has 142 valence electrons. The monoisotopic (exact) mass is 383 g/mol. The summed E-state index contributed by atoms with van der Waals surface area (Å²) in [4.78, 5) is 27.8. The van der Waals surface area contributed by atoms with Gasteiger partial charge in [0.2, 0.25) is 0 Å². The first-order chi connectivity index (χ1) is 13.5. The van der Waals surface area contributed by atoms with Gasteiger partial charge in [-0.2, -0.15) is 0 Å². The standard InChI is InChI=1S/C20H15F2N3O3/c1-28-20(27)12-2-4-14(5-3-12)25-19(26)13-8-16(11-23-10-13)24-15-6-7-17(21)18(22)9-15/h2-11,24H,1H3,(H,25,26). The van der Waals surface area contributed by atoms with Crippen LogP contribution in [0.2, 0.25) is 0 Å². The Bertz CT molecular complexity index is 1020. The molecule has 3 rings (SSSR count). The van der Waals surface area contributed by atoms with Gasteiger partial charge in [-0.15, -0.1) is 0 Å². The van der Waals surface area contributed by atoms with Gasteiger partial charge in [-0.3, -0.25) is 9.78 Å². The average molecular weight is 383 g/mol. The number of hydrogen-bond acceptors (Lipinski definition) is 5. The van der Waals surface area contributed by atoms with E-state index < -0.39 is 23.5 Å². The number of carbonyl (C=O) groups excluding carboxylic acids is 2. The summed E-state index contributed by atoms with van der Waals surface area (Å²) in [5.41, 5.74) is 1.84. The van der Waals surface area contributed by atoms with Crippen molar-refractivity contribution in [1.29, 1.82) is 0 Å². The largest absolute Gasteiger partial charge is 0.465 e. The molecule has 28 heavy (non-hydrogen) atoms. The maximum atomic E-state index is 13.3. The van der Waals surface area contributed by atoms with E-state index in [1.54, 1.807) is 12.1 Å². The first-order valence-electron chi connectivity index (χ1n) is 8.13. The van der Waals surface area contributed by atoms with Gasteiger partial charge >= 0.3 is 5.97 Å². The highest BCUT2D eigenvalue weighted by atomic mass is 19.2. The number of aromatic nitrogens is 1. The van der Waals surface area contributed by atoms with Crippen LogP contribution in [0.3, 0.4) is 0 Å². The van der Waals surface area contributed by atoms with Crippen molar-refractivity contribution in [3.8, 4) is 0 Å². The molecule has 1 aromatic heterocycles. The second-order valence-corrected chi connectivity index (χ2v) is 5.74. The molecule has 2 aromatic carbocycles. The summed E-state index contributed by atoms with van der Waals surface area (Å²) < 4.78 is 30.9. The number of carbonyl (C=O) groups is 2. The molecular weight excluding hydrogens is 368 g/mol. The fraction of sp³-hybridized carbons (Fsp3) is 0.0500. The van der Waals surface area contributed by atoms with Gasteiger partial charge in [-0.25, -0.2) is 13.6 Å². The lowest BCUT2D eigenvalue weighted by molar-refractivity contribution is 0.0600. The van der Waals surface area contributed by atoms with Gasteiger partial charge in [0, 0.05) is 23.6 Å². The van der Waals surface area contributed by atoms with Gasteiger partial charge in [0.25, 0.3) is 5.91 Å². The Labute approximate surface area is 159 Å². The maximum absolute atomic E-state index is 13.3. The zero-order valence-corrected chi connectivity index (χ0v) is 14.7. The van der Waals surface area contributed by atoms with Crippen LogP contribution in [0.15, 0.2) is 60.9 Å². The molecule has 1 heterocycles. The fourth-order valence-corrected chi connectivity index (χ4v) is 2.38. The molecule has 0 unspecified atom stereocenters. The molecule has 0 saturated heterocycles. The summed E-state index contributed by atoms with van der Waals surface area (Å²) in [6.45, 7) is 0. The molecule has 0 aliphatic carbocycles. The van der Waals surface area contributed by atoms with E-state index in [0.717, 1.165) is 12.1 Å². The van der Waals surface area contributed by atoms with Crippen molar-refractivity contribution in [3.63, 3.8) is 0 Å². The van der Waals surface area contributed by atoms with Crippen molar-refractivity contribution in [3.05, 3.63) is 83.7 Å². The number of pyridine rings is 1. The Morgan fingerprint density at radius 1 is 0.857 bits per heavy atom. The molecular formula is C20H15F2N3O3. The molecule has 3 aromatic rings. The first kappa shape index (κ1) is 19.0. The third-order valence-electron chi connectivity index (χ3n) is 3.77. The van der Waals surface area contributed by atoms with Crippen molar-refractivity contribution in [2.24, 2.45) is 0 Å². The molecule has 2 N–H and O–H groups in total. The highest BCUT2D eigenvalue weighted by Gasteiger charge is 2.10. The number of nitrogens with zero attached hydrogens (tertiary/aromatic N) is 1. The van der Waals surface area contributed by atoms with E-state index in [-0.39, 0.29) is 5.56 Å². The normalized spacial score (nSPS) is 10.2. The Morgan fingerprint density at radius 3 is 2.25 bits per heavy atom.